The van der Waals surface area contributed by atoms with Gasteiger partial charge < -0.3 is 15.2 Å². The number of para-hydroxylation sites is 1. The number of hydrogen-bond donors (Lipinski definition) is 2. The van der Waals surface area contributed by atoms with E-state index in [2.05, 4.69) is 15.4 Å². The van der Waals surface area contributed by atoms with Gasteiger partial charge >= 0.3 is 0 Å². The SMILES string of the molecule is Cn1cc(C2CNCCN2C(=O)c2cc(=O)[nH]c3ccccc23)cn1. The van der Waals surface area contributed by atoms with Gasteiger partial charge in [-0.05, 0) is 6.07 Å². The zero-order valence-electron chi connectivity index (χ0n) is 13.9. The lowest BCUT2D eigenvalue weighted by atomic mass is 10.0. The van der Waals surface area contributed by atoms with Gasteiger partial charge in [0.25, 0.3) is 5.91 Å². The summed E-state index contributed by atoms with van der Waals surface area (Å²) in [6.45, 7) is 1.97. The van der Waals surface area contributed by atoms with E-state index in [4.69, 9.17) is 0 Å². The average Bonchev–Trinajstić information content (AvgIpc) is 3.06. The second-order valence-electron chi connectivity index (χ2n) is 6.26. The highest BCUT2D eigenvalue weighted by Gasteiger charge is 2.30. The van der Waals surface area contributed by atoms with Gasteiger partial charge in [0.2, 0.25) is 5.56 Å². The highest BCUT2D eigenvalue weighted by molar-refractivity contribution is 6.06. The standard InChI is InChI=1S/C18H19N5O2/c1-22-11-12(9-20-22)16-10-19-6-7-23(16)18(25)14-8-17(24)21-15-5-3-2-4-13(14)15/h2-5,8-9,11,16,19H,6-7,10H2,1H3,(H,21,24). The Morgan fingerprint density at radius 2 is 2.16 bits per heavy atom. The fraction of sp³-hybridized carbons (Fsp3) is 0.278. The number of aryl methyl sites for hydroxylation is 1. The predicted octanol–water partition coefficient (Wildman–Crippen LogP) is 1.05. The highest BCUT2D eigenvalue weighted by atomic mass is 16.2. The maximum atomic E-state index is 13.3. The Bertz CT molecular complexity index is 990. The van der Waals surface area contributed by atoms with Crippen LogP contribution in [0.25, 0.3) is 10.9 Å². The van der Waals surface area contributed by atoms with E-state index in [1.54, 1.807) is 10.9 Å². The lowest BCUT2D eigenvalue weighted by Gasteiger charge is -2.36. The summed E-state index contributed by atoms with van der Waals surface area (Å²) in [5.74, 6) is -0.127. The molecule has 1 saturated heterocycles. The number of nitrogens with one attached hydrogen (secondary N) is 2. The molecule has 3 heterocycles. The average molecular weight is 337 g/mol. The number of pyridine rings is 1. The summed E-state index contributed by atoms with van der Waals surface area (Å²) in [5.41, 5.74) is 1.83. The number of aromatic amines is 1. The molecular weight excluding hydrogens is 318 g/mol. The molecule has 3 aromatic rings. The molecule has 0 aliphatic carbocycles. The van der Waals surface area contributed by atoms with E-state index in [9.17, 15) is 9.59 Å². The van der Waals surface area contributed by atoms with E-state index in [-0.39, 0.29) is 17.5 Å². The number of nitrogens with zero attached hydrogens (tertiary/aromatic N) is 3. The first-order valence-corrected chi connectivity index (χ1v) is 8.26. The minimum absolute atomic E-state index is 0.104. The van der Waals surface area contributed by atoms with Crippen molar-refractivity contribution in [3.05, 3.63) is 64.2 Å². The molecule has 0 spiro atoms. The normalized spacial score (nSPS) is 17.8. The van der Waals surface area contributed by atoms with Crippen molar-refractivity contribution < 1.29 is 4.79 Å². The molecule has 1 aliphatic rings. The zero-order chi connectivity index (χ0) is 17.4. The Labute approximate surface area is 144 Å². The van der Waals surface area contributed by atoms with Crippen LogP contribution in [0.2, 0.25) is 0 Å². The monoisotopic (exact) mass is 337 g/mol. The van der Waals surface area contributed by atoms with Crippen LogP contribution < -0.4 is 10.9 Å². The topological polar surface area (TPSA) is 83.0 Å². The van der Waals surface area contributed by atoms with Gasteiger partial charge in [-0.1, -0.05) is 18.2 Å². The lowest BCUT2D eigenvalue weighted by Crippen LogP contribution is -2.48. The first kappa shape index (κ1) is 15.6. The molecule has 128 valence electrons. The molecule has 1 aromatic carbocycles. The van der Waals surface area contributed by atoms with Gasteiger partial charge in [-0.15, -0.1) is 0 Å². The van der Waals surface area contributed by atoms with Crippen molar-refractivity contribution in [2.75, 3.05) is 19.6 Å². The quantitative estimate of drug-likeness (QED) is 0.732. The second-order valence-corrected chi connectivity index (χ2v) is 6.26. The molecule has 7 heteroatoms. The highest BCUT2D eigenvalue weighted by Crippen LogP contribution is 2.25. The van der Waals surface area contributed by atoms with Crippen LogP contribution in [0.15, 0.2) is 47.5 Å². The van der Waals surface area contributed by atoms with Crippen LogP contribution in [-0.4, -0.2) is 45.2 Å². The Morgan fingerprint density at radius 1 is 1.32 bits per heavy atom. The van der Waals surface area contributed by atoms with Crippen molar-refractivity contribution >= 4 is 16.8 Å². The van der Waals surface area contributed by atoms with Gasteiger partial charge in [0.15, 0.2) is 0 Å². The van der Waals surface area contributed by atoms with Crippen LogP contribution in [0.1, 0.15) is 22.0 Å². The summed E-state index contributed by atoms with van der Waals surface area (Å²) in [5, 5.41) is 8.31. The lowest BCUT2D eigenvalue weighted by molar-refractivity contribution is 0.0636. The number of amides is 1. The van der Waals surface area contributed by atoms with Crippen LogP contribution in [0.4, 0.5) is 0 Å². The molecule has 0 saturated carbocycles. The first-order valence-electron chi connectivity index (χ1n) is 8.26. The number of carbonyl (C=O) groups excluding carboxylic acids is 1. The summed E-state index contributed by atoms with van der Waals surface area (Å²) in [6.07, 6.45) is 3.71. The van der Waals surface area contributed by atoms with Gasteiger partial charge in [0.05, 0.1) is 17.8 Å². The molecule has 2 aromatic heterocycles. The van der Waals surface area contributed by atoms with Crippen molar-refractivity contribution in [3.63, 3.8) is 0 Å². The maximum absolute atomic E-state index is 13.3. The number of carbonyl (C=O) groups is 1. The largest absolute Gasteiger partial charge is 0.329 e. The van der Waals surface area contributed by atoms with E-state index < -0.39 is 0 Å². The predicted molar refractivity (Wildman–Crippen MR) is 94.4 cm³/mol. The van der Waals surface area contributed by atoms with Crippen molar-refractivity contribution in [1.82, 2.24) is 25.0 Å². The molecule has 25 heavy (non-hydrogen) atoms. The summed E-state index contributed by atoms with van der Waals surface area (Å²) in [4.78, 5) is 29.9. The molecule has 1 unspecified atom stereocenters. The van der Waals surface area contributed by atoms with E-state index in [1.165, 1.54) is 6.07 Å². The van der Waals surface area contributed by atoms with Crippen LogP contribution in [0.5, 0.6) is 0 Å². The smallest absolute Gasteiger partial charge is 0.255 e. The number of hydrogen-bond acceptors (Lipinski definition) is 4. The molecule has 0 bridgehead atoms. The fourth-order valence-corrected chi connectivity index (χ4v) is 3.39. The van der Waals surface area contributed by atoms with Crippen molar-refractivity contribution in [1.29, 1.82) is 0 Å². The van der Waals surface area contributed by atoms with Crippen LogP contribution in [0, 0.1) is 0 Å². The summed E-state index contributed by atoms with van der Waals surface area (Å²) < 4.78 is 1.73. The van der Waals surface area contributed by atoms with E-state index >= 15 is 0 Å². The number of fused-ring (bicyclic) bond motifs is 1. The molecule has 7 nitrogen and oxygen atoms in total. The molecule has 0 radical (unpaired) electrons. The Morgan fingerprint density at radius 3 is 2.96 bits per heavy atom. The third kappa shape index (κ3) is 2.83. The Kier molecular flexibility index (Phi) is 3.85. The molecule has 2 N–H and O–H groups in total. The zero-order valence-corrected chi connectivity index (χ0v) is 13.9. The Balaban J connectivity index is 1.78. The minimum Gasteiger partial charge on any atom is -0.329 e. The van der Waals surface area contributed by atoms with Crippen LogP contribution in [0.3, 0.4) is 0 Å². The van der Waals surface area contributed by atoms with Crippen LogP contribution >= 0.6 is 0 Å². The Hall–Kier alpha value is -2.93. The fourth-order valence-electron chi connectivity index (χ4n) is 3.39. The molecule has 1 amide bonds. The molecule has 4 rings (SSSR count). The molecule has 1 fully saturated rings. The number of aromatic nitrogens is 3. The van der Waals surface area contributed by atoms with E-state index in [1.807, 2.05) is 42.4 Å². The van der Waals surface area contributed by atoms with Gasteiger partial charge in [-0.2, -0.15) is 5.10 Å². The van der Waals surface area contributed by atoms with Gasteiger partial charge in [-0.25, -0.2) is 0 Å². The van der Waals surface area contributed by atoms with Gasteiger partial charge in [0.1, 0.15) is 0 Å². The van der Waals surface area contributed by atoms with Crippen molar-refractivity contribution in [2.45, 2.75) is 6.04 Å². The summed E-state index contributed by atoms with van der Waals surface area (Å²) in [7, 11) is 1.86. The third-order valence-corrected chi connectivity index (χ3v) is 4.59. The van der Waals surface area contributed by atoms with E-state index in [0.717, 1.165) is 17.5 Å². The first-order chi connectivity index (χ1) is 12.1. The van der Waals surface area contributed by atoms with Crippen LogP contribution in [-0.2, 0) is 7.05 Å². The third-order valence-electron chi connectivity index (χ3n) is 4.59. The molecule has 1 aliphatic heterocycles. The molecular formula is C18H19N5O2. The maximum Gasteiger partial charge on any atom is 0.255 e. The number of benzene rings is 1. The summed E-state index contributed by atoms with van der Waals surface area (Å²) in [6, 6.07) is 8.67. The second kappa shape index (κ2) is 6.18. The molecule has 1 atom stereocenters. The summed E-state index contributed by atoms with van der Waals surface area (Å²) >= 11 is 0. The number of H-pyrrole nitrogens is 1. The van der Waals surface area contributed by atoms with Gasteiger partial charge in [0, 0.05) is 55.4 Å². The van der Waals surface area contributed by atoms with Gasteiger partial charge in [-0.3, -0.25) is 14.3 Å². The number of rotatable bonds is 2. The van der Waals surface area contributed by atoms with Crippen molar-refractivity contribution in [2.24, 2.45) is 7.05 Å². The number of piperazine rings is 1. The van der Waals surface area contributed by atoms with E-state index in [0.29, 0.717) is 24.2 Å². The minimum atomic E-state index is -0.268. The van der Waals surface area contributed by atoms with Crippen molar-refractivity contribution in [3.8, 4) is 0 Å².